The predicted octanol–water partition coefficient (Wildman–Crippen LogP) is 2.41. The second-order valence-electron chi connectivity index (χ2n) is 5.65. The number of amides is 1. The Morgan fingerprint density at radius 3 is 2.48 bits per heavy atom. The average molecular weight is 360 g/mol. The van der Waals surface area contributed by atoms with Crippen LogP contribution in [0.3, 0.4) is 0 Å². The van der Waals surface area contributed by atoms with E-state index in [-0.39, 0.29) is 16.6 Å². The second kappa shape index (κ2) is 6.21. The zero-order valence-corrected chi connectivity index (χ0v) is 14.4. The lowest BCUT2D eigenvalue weighted by Gasteiger charge is -2.23. The van der Waals surface area contributed by atoms with Gasteiger partial charge < -0.3 is 10.1 Å². The maximum absolute atomic E-state index is 12.5. The van der Waals surface area contributed by atoms with E-state index in [4.69, 9.17) is 4.74 Å². The number of hydrogen-bond donors (Lipinski definition) is 2. The fourth-order valence-corrected chi connectivity index (χ4v) is 3.43. The molecule has 2 aromatic carbocycles. The number of carbonyl (C=O) groups is 2. The van der Waals surface area contributed by atoms with Gasteiger partial charge >= 0.3 is 0 Å². The van der Waals surface area contributed by atoms with Crippen molar-refractivity contribution in [1.82, 2.24) is 0 Å². The average Bonchev–Trinajstić information content (AvgIpc) is 2.55. The molecule has 130 valence electrons. The number of ether oxygens (including phenoxy) is 1. The molecule has 1 amide bonds. The van der Waals surface area contributed by atoms with Crippen LogP contribution in [0.4, 0.5) is 11.4 Å². The van der Waals surface area contributed by atoms with Gasteiger partial charge in [-0.25, -0.2) is 8.42 Å². The van der Waals surface area contributed by atoms with Crippen LogP contribution in [0.25, 0.3) is 0 Å². The molecule has 0 radical (unpaired) electrons. The lowest BCUT2D eigenvalue weighted by molar-refractivity contribution is -0.122. The lowest BCUT2D eigenvalue weighted by atomic mass is 10.1. The number of sulfonamides is 1. The first-order valence-electron chi connectivity index (χ1n) is 7.52. The summed E-state index contributed by atoms with van der Waals surface area (Å²) in [7, 11) is -3.85. The molecule has 0 aliphatic carbocycles. The van der Waals surface area contributed by atoms with Crippen molar-refractivity contribution < 1.29 is 22.7 Å². The van der Waals surface area contributed by atoms with E-state index in [9.17, 15) is 18.0 Å². The molecule has 0 bridgehead atoms. The van der Waals surface area contributed by atoms with Crippen molar-refractivity contribution in [2.75, 3.05) is 10.0 Å². The molecule has 2 N–H and O–H groups in total. The Balaban J connectivity index is 1.86. The van der Waals surface area contributed by atoms with Crippen molar-refractivity contribution in [2.45, 2.75) is 24.8 Å². The van der Waals surface area contributed by atoms with Crippen molar-refractivity contribution in [3.63, 3.8) is 0 Å². The summed E-state index contributed by atoms with van der Waals surface area (Å²) in [5.41, 5.74) is 1.13. The molecule has 1 heterocycles. The number of anilines is 2. The summed E-state index contributed by atoms with van der Waals surface area (Å²) >= 11 is 0. The van der Waals surface area contributed by atoms with Gasteiger partial charge in [0.25, 0.3) is 15.9 Å². The quantitative estimate of drug-likeness (QED) is 0.815. The first-order chi connectivity index (χ1) is 11.8. The predicted molar refractivity (Wildman–Crippen MR) is 92.4 cm³/mol. The Bertz CT molecular complexity index is 952. The summed E-state index contributed by atoms with van der Waals surface area (Å²) in [6.45, 7) is 3.04. The third kappa shape index (κ3) is 3.48. The number of nitrogens with one attached hydrogen (secondary N) is 2. The van der Waals surface area contributed by atoms with Gasteiger partial charge in [0.2, 0.25) is 0 Å². The molecule has 0 saturated heterocycles. The number of rotatable bonds is 4. The number of ketones is 1. The van der Waals surface area contributed by atoms with E-state index in [1.807, 2.05) is 0 Å². The highest BCUT2D eigenvalue weighted by molar-refractivity contribution is 7.92. The fraction of sp³-hybridized carbons (Fsp3) is 0.176. The van der Waals surface area contributed by atoms with E-state index < -0.39 is 16.1 Å². The van der Waals surface area contributed by atoms with Crippen LogP contribution in [0.1, 0.15) is 24.2 Å². The summed E-state index contributed by atoms with van der Waals surface area (Å²) in [6.07, 6.45) is -0.632. The van der Waals surface area contributed by atoms with E-state index >= 15 is 0 Å². The van der Waals surface area contributed by atoms with Crippen LogP contribution in [-0.2, 0) is 14.8 Å². The first-order valence-corrected chi connectivity index (χ1v) is 9.00. The molecule has 0 spiro atoms. The minimum atomic E-state index is -3.85. The maximum Gasteiger partial charge on any atom is 0.265 e. The Morgan fingerprint density at radius 2 is 1.84 bits per heavy atom. The number of Topliss-reactive ketones (excluding diaryl/α,β-unsaturated/α-hetero) is 1. The summed E-state index contributed by atoms with van der Waals surface area (Å²) in [6, 6.07) is 10.4. The monoisotopic (exact) mass is 360 g/mol. The van der Waals surface area contributed by atoms with Crippen LogP contribution < -0.4 is 14.8 Å². The molecule has 1 aliphatic rings. The summed E-state index contributed by atoms with van der Waals surface area (Å²) < 4.78 is 32.9. The largest absolute Gasteiger partial charge is 0.479 e. The third-order valence-electron chi connectivity index (χ3n) is 3.74. The van der Waals surface area contributed by atoms with Gasteiger partial charge in [-0.05, 0) is 56.3 Å². The zero-order valence-electron chi connectivity index (χ0n) is 13.6. The standard InChI is InChI=1S/C17H16N2O5S/c1-10(20)12-3-5-13(6-4-12)19-25(22,23)14-7-8-16-15(9-14)18-17(21)11(2)24-16/h3-9,11,19H,1-2H3,(H,18,21). The molecule has 2 aromatic rings. The summed E-state index contributed by atoms with van der Waals surface area (Å²) in [5.74, 6) is -0.0271. The van der Waals surface area contributed by atoms with Crippen molar-refractivity contribution in [2.24, 2.45) is 0 Å². The Hall–Kier alpha value is -2.87. The highest BCUT2D eigenvalue weighted by Crippen LogP contribution is 2.32. The number of fused-ring (bicyclic) bond motifs is 1. The van der Waals surface area contributed by atoms with Crippen molar-refractivity contribution in [3.05, 3.63) is 48.0 Å². The lowest BCUT2D eigenvalue weighted by Crippen LogP contribution is -2.34. The van der Waals surface area contributed by atoms with Crippen LogP contribution >= 0.6 is 0 Å². The van der Waals surface area contributed by atoms with E-state index in [0.29, 0.717) is 22.7 Å². The van der Waals surface area contributed by atoms with E-state index in [2.05, 4.69) is 10.0 Å². The SMILES string of the molecule is CC(=O)c1ccc(NS(=O)(=O)c2ccc3c(c2)NC(=O)C(C)O3)cc1. The Morgan fingerprint density at radius 1 is 1.16 bits per heavy atom. The summed E-state index contributed by atoms with van der Waals surface area (Å²) in [4.78, 5) is 22.9. The molecule has 7 nitrogen and oxygen atoms in total. The Labute approximate surface area is 145 Å². The van der Waals surface area contributed by atoms with Gasteiger partial charge in [0.1, 0.15) is 5.75 Å². The molecular weight excluding hydrogens is 344 g/mol. The summed E-state index contributed by atoms with van der Waals surface area (Å²) in [5, 5.41) is 2.61. The van der Waals surface area contributed by atoms with Crippen LogP contribution in [0, 0.1) is 0 Å². The van der Waals surface area contributed by atoms with Crippen LogP contribution in [0.15, 0.2) is 47.4 Å². The van der Waals surface area contributed by atoms with Gasteiger partial charge in [0, 0.05) is 11.3 Å². The van der Waals surface area contributed by atoms with Gasteiger partial charge in [-0.2, -0.15) is 0 Å². The van der Waals surface area contributed by atoms with Gasteiger partial charge in [0.05, 0.1) is 10.6 Å². The zero-order chi connectivity index (χ0) is 18.2. The molecule has 0 saturated carbocycles. The van der Waals surface area contributed by atoms with Crippen molar-refractivity contribution in [3.8, 4) is 5.75 Å². The van der Waals surface area contributed by atoms with Gasteiger partial charge in [-0.3, -0.25) is 14.3 Å². The first kappa shape index (κ1) is 17.0. The number of carbonyl (C=O) groups excluding carboxylic acids is 2. The molecule has 1 unspecified atom stereocenters. The van der Waals surface area contributed by atoms with E-state index in [1.165, 1.54) is 37.3 Å². The minimum absolute atomic E-state index is 0.0136. The molecule has 0 aromatic heterocycles. The maximum atomic E-state index is 12.5. The molecule has 1 aliphatic heterocycles. The fourth-order valence-electron chi connectivity index (χ4n) is 2.34. The normalized spacial score (nSPS) is 16.4. The van der Waals surface area contributed by atoms with Crippen molar-refractivity contribution in [1.29, 1.82) is 0 Å². The van der Waals surface area contributed by atoms with E-state index in [0.717, 1.165) is 0 Å². The third-order valence-corrected chi connectivity index (χ3v) is 5.11. The Kier molecular flexibility index (Phi) is 4.22. The molecule has 25 heavy (non-hydrogen) atoms. The van der Waals surface area contributed by atoms with Crippen molar-refractivity contribution >= 4 is 33.1 Å². The highest BCUT2D eigenvalue weighted by atomic mass is 32.2. The van der Waals surface area contributed by atoms with Gasteiger partial charge in [0.15, 0.2) is 11.9 Å². The molecule has 1 atom stereocenters. The molecule has 0 fully saturated rings. The van der Waals surface area contributed by atoms with E-state index in [1.54, 1.807) is 19.1 Å². The molecular formula is C17H16N2O5S. The highest BCUT2D eigenvalue weighted by Gasteiger charge is 2.25. The topological polar surface area (TPSA) is 102 Å². The second-order valence-corrected chi connectivity index (χ2v) is 7.33. The number of benzene rings is 2. The molecule has 3 rings (SSSR count). The minimum Gasteiger partial charge on any atom is -0.479 e. The van der Waals surface area contributed by atoms with Gasteiger partial charge in [-0.15, -0.1) is 0 Å². The van der Waals surface area contributed by atoms with Crippen LogP contribution in [-0.4, -0.2) is 26.2 Å². The molecule has 8 heteroatoms. The smallest absolute Gasteiger partial charge is 0.265 e. The van der Waals surface area contributed by atoms with Crippen LogP contribution in [0.2, 0.25) is 0 Å². The van der Waals surface area contributed by atoms with Crippen LogP contribution in [0.5, 0.6) is 5.75 Å². The number of hydrogen-bond acceptors (Lipinski definition) is 5. The van der Waals surface area contributed by atoms with Gasteiger partial charge in [-0.1, -0.05) is 0 Å².